The van der Waals surface area contributed by atoms with Gasteiger partial charge in [0.05, 0.1) is 6.10 Å². The van der Waals surface area contributed by atoms with Crippen LogP contribution in [0.5, 0.6) is 0 Å². The summed E-state index contributed by atoms with van der Waals surface area (Å²) < 4.78 is 0. The number of rotatable bonds is 5. The van der Waals surface area contributed by atoms with Gasteiger partial charge in [-0.05, 0) is 62.9 Å². The lowest BCUT2D eigenvalue weighted by Gasteiger charge is -2.27. The second kappa shape index (κ2) is 7.78. The summed E-state index contributed by atoms with van der Waals surface area (Å²) in [6.45, 7) is 9.03. The lowest BCUT2D eigenvalue weighted by Crippen LogP contribution is -2.19. The van der Waals surface area contributed by atoms with Gasteiger partial charge < -0.3 is 5.11 Å². The Hall–Kier alpha value is -0.560. The molecule has 1 atom stereocenters. The lowest BCUT2D eigenvalue weighted by atomic mass is 9.81. The second-order valence-corrected chi connectivity index (χ2v) is 5.82. The SMILES string of the molecule is CC/C=C(\C=C(\C)C(C)CC)C1CCC(O)CC1. The number of hydrogen-bond acceptors (Lipinski definition) is 1. The first kappa shape index (κ1) is 15.5. The molecule has 104 valence electrons. The van der Waals surface area contributed by atoms with Crippen molar-refractivity contribution in [3.63, 3.8) is 0 Å². The molecule has 0 amide bonds. The van der Waals surface area contributed by atoms with Crippen LogP contribution in [0.2, 0.25) is 0 Å². The molecule has 1 aliphatic rings. The Morgan fingerprint density at radius 2 is 1.83 bits per heavy atom. The Kier molecular flexibility index (Phi) is 6.70. The molecule has 0 bridgehead atoms. The molecule has 0 heterocycles. The molecule has 1 saturated carbocycles. The maximum absolute atomic E-state index is 9.61. The summed E-state index contributed by atoms with van der Waals surface area (Å²) in [4.78, 5) is 0. The summed E-state index contributed by atoms with van der Waals surface area (Å²) in [5.41, 5.74) is 3.02. The molecular weight excluding hydrogens is 220 g/mol. The van der Waals surface area contributed by atoms with Crippen LogP contribution < -0.4 is 0 Å². The highest BCUT2D eigenvalue weighted by Gasteiger charge is 2.21. The Labute approximate surface area is 113 Å². The van der Waals surface area contributed by atoms with Crippen LogP contribution in [0.1, 0.15) is 66.2 Å². The smallest absolute Gasteiger partial charge is 0.0540 e. The van der Waals surface area contributed by atoms with Gasteiger partial charge in [-0.2, -0.15) is 0 Å². The molecular formula is C17H30O. The van der Waals surface area contributed by atoms with E-state index in [0.717, 1.165) is 32.1 Å². The predicted octanol–water partition coefficient (Wildman–Crippen LogP) is 4.87. The molecule has 0 aliphatic heterocycles. The van der Waals surface area contributed by atoms with E-state index in [4.69, 9.17) is 0 Å². The molecule has 0 aromatic carbocycles. The molecule has 1 aliphatic carbocycles. The first-order chi connectivity index (χ1) is 8.58. The molecule has 0 radical (unpaired) electrons. The van der Waals surface area contributed by atoms with Crippen LogP contribution in [0.3, 0.4) is 0 Å². The average Bonchev–Trinajstić information content (AvgIpc) is 2.38. The van der Waals surface area contributed by atoms with Gasteiger partial charge in [0.1, 0.15) is 0 Å². The van der Waals surface area contributed by atoms with Crippen LogP contribution in [-0.4, -0.2) is 11.2 Å². The van der Waals surface area contributed by atoms with E-state index in [1.165, 1.54) is 17.6 Å². The van der Waals surface area contributed by atoms with Gasteiger partial charge in [0.2, 0.25) is 0 Å². The van der Waals surface area contributed by atoms with E-state index < -0.39 is 0 Å². The van der Waals surface area contributed by atoms with Crippen LogP contribution in [0.15, 0.2) is 23.3 Å². The van der Waals surface area contributed by atoms with Crippen molar-refractivity contribution in [1.82, 2.24) is 0 Å². The number of hydrogen-bond donors (Lipinski definition) is 1. The van der Waals surface area contributed by atoms with Gasteiger partial charge in [0.15, 0.2) is 0 Å². The van der Waals surface area contributed by atoms with Crippen LogP contribution in [0, 0.1) is 11.8 Å². The molecule has 0 aromatic rings. The highest BCUT2D eigenvalue weighted by Crippen LogP contribution is 2.32. The van der Waals surface area contributed by atoms with Gasteiger partial charge in [-0.25, -0.2) is 0 Å². The zero-order valence-corrected chi connectivity index (χ0v) is 12.6. The van der Waals surface area contributed by atoms with Crippen LogP contribution >= 0.6 is 0 Å². The van der Waals surface area contributed by atoms with Crippen molar-refractivity contribution in [2.45, 2.75) is 72.3 Å². The van der Waals surface area contributed by atoms with E-state index in [2.05, 4.69) is 39.8 Å². The van der Waals surface area contributed by atoms with E-state index in [9.17, 15) is 5.11 Å². The Bertz CT molecular complexity index is 293. The van der Waals surface area contributed by atoms with E-state index in [0.29, 0.717) is 11.8 Å². The standard InChI is InChI=1S/C17H30O/c1-5-7-16(12-14(4)13(3)6-2)15-8-10-17(18)11-9-15/h7,12-13,15,17-18H,5-6,8-11H2,1-4H3/b14-12-,16-7+. The van der Waals surface area contributed by atoms with Crippen molar-refractivity contribution in [2.24, 2.45) is 11.8 Å². The maximum atomic E-state index is 9.61. The Morgan fingerprint density at radius 1 is 1.22 bits per heavy atom. The largest absolute Gasteiger partial charge is 0.393 e. The third kappa shape index (κ3) is 4.61. The minimum absolute atomic E-state index is 0.0521. The maximum Gasteiger partial charge on any atom is 0.0540 e. The summed E-state index contributed by atoms with van der Waals surface area (Å²) in [5.74, 6) is 1.35. The molecule has 1 fully saturated rings. The van der Waals surface area contributed by atoms with Crippen molar-refractivity contribution in [3.8, 4) is 0 Å². The summed E-state index contributed by atoms with van der Waals surface area (Å²) in [7, 11) is 0. The van der Waals surface area contributed by atoms with Crippen molar-refractivity contribution in [3.05, 3.63) is 23.3 Å². The molecule has 1 N–H and O–H groups in total. The summed E-state index contributed by atoms with van der Waals surface area (Å²) in [6.07, 6.45) is 11.3. The van der Waals surface area contributed by atoms with E-state index in [1.54, 1.807) is 0 Å². The third-order valence-electron chi connectivity index (χ3n) is 4.39. The average molecular weight is 250 g/mol. The van der Waals surface area contributed by atoms with Gasteiger partial charge in [-0.1, -0.05) is 38.5 Å². The number of aliphatic hydroxyl groups excluding tert-OH is 1. The molecule has 0 aromatic heterocycles. The van der Waals surface area contributed by atoms with Gasteiger partial charge in [-0.3, -0.25) is 0 Å². The fourth-order valence-corrected chi connectivity index (χ4v) is 2.72. The summed E-state index contributed by atoms with van der Waals surface area (Å²) in [6, 6.07) is 0. The van der Waals surface area contributed by atoms with E-state index in [-0.39, 0.29) is 6.10 Å². The Balaban J connectivity index is 2.74. The fourth-order valence-electron chi connectivity index (χ4n) is 2.72. The number of aliphatic hydroxyl groups is 1. The third-order valence-corrected chi connectivity index (χ3v) is 4.39. The zero-order valence-electron chi connectivity index (χ0n) is 12.6. The second-order valence-electron chi connectivity index (χ2n) is 5.82. The van der Waals surface area contributed by atoms with Gasteiger partial charge >= 0.3 is 0 Å². The molecule has 1 rings (SSSR count). The topological polar surface area (TPSA) is 20.2 Å². The molecule has 18 heavy (non-hydrogen) atoms. The Morgan fingerprint density at radius 3 is 2.33 bits per heavy atom. The van der Waals surface area contributed by atoms with Gasteiger partial charge in [0, 0.05) is 0 Å². The van der Waals surface area contributed by atoms with E-state index in [1.807, 2.05) is 0 Å². The minimum Gasteiger partial charge on any atom is -0.393 e. The lowest BCUT2D eigenvalue weighted by molar-refractivity contribution is 0.116. The molecule has 1 heteroatoms. The van der Waals surface area contributed by atoms with Crippen molar-refractivity contribution in [2.75, 3.05) is 0 Å². The molecule has 1 nitrogen and oxygen atoms in total. The highest BCUT2D eigenvalue weighted by molar-refractivity contribution is 5.26. The van der Waals surface area contributed by atoms with Gasteiger partial charge in [-0.15, -0.1) is 0 Å². The first-order valence-electron chi connectivity index (χ1n) is 7.64. The summed E-state index contributed by atoms with van der Waals surface area (Å²) >= 11 is 0. The minimum atomic E-state index is -0.0521. The first-order valence-corrected chi connectivity index (χ1v) is 7.64. The highest BCUT2D eigenvalue weighted by atomic mass is 16.3. The normalized spacial score (nSPS) is 28.3. The van der Waals surface area contributed by atoms with Gasteiger partial charge in [0.25, 0.3) is 0 Å². The van der Waals surface area contributed by atoms with Crippen LogP contribution in [-0.2, 0) is 0 Å². The quantitative estimate of drug-likeness (QED) is 0.690. The fraction of sp³-hybridized carbons (Fsp3) is 0.765. The number of allylic oxidation sites excluding steroid dienone is 4. The monoisotopic (exact) mass is 250 g/mol. The van der Waals surface area contributed by atoms with Crippen molar-refractivity contribution in [1.29, 1.82) is 0 Å². The molecule has 0 saturated heterocycles. The molecule has 1 unspecified atom stereocenters. The predicted molar refractivity (Wildman–Crippen MR) is 79.6 cm³/mol. The van der Waals surface area contributed by atoms with E-state index >= 15 is 0 Å². The van der Waals surface area contributed by atoms with Crippen LogP contribution in [0.4, 0.5) is 0 Å². The van der Waals surface area contributed by atoms with Crippen molar-refractivity contribution < 1.29 is 5.11 Å². The zero-order chi connectivity index (χ0) is 13.5. The van der Waals surface area contributed by atoms with Crippen molar-refractivity contribution >= 4 is 0 Å². The van der Waals surface area contributed by atoms with Crippen LogP contribution in [0.25, 0.3) is 0 Å². The summed E-state index contributed by atoms with van der Waals surface area (Å²) in [5, 5.41) is 9.61. The molecule has 0 spiro atoms.